The zero-order valence-electron chi connectivity index (χ0n) is 21.2. The van der Waals surface area contributed by atoms with Crippen molar-refractivity contribution in [3.8, 4) is 22.6 Å². The molecule has 6 rings (SSSR count). The van der Waals surface area contributed by atoms with Gasteiger partial charge in [-0.1, -0.05) is 48.5 Å². The van der Waals surface area contributed by atoms with Crippen LogP contribution < -0.4 is 4.74 Å². The number of rotatable bonds is 6. The number of carbonyl (C=O) groups excluding carboxylic acids is 1. The van der Waals surface area contributed by atoms with Crippen molar-refractivity contribution in [3.05, 3.63) is 119 Å². The third-order valence-corrected chi connectivity index (χ3v) is 6.95. The van der Waals surface area contributed by atoms with Crippen LogP contribution in [0, 0.1) is 19.7 Å². The molecule has 0 fully saturated rings. The number of halogens is 1. The summed E-state index contributed by atoms with van der Waals surface area (Å²) in [6, 6.07) is 26.3. The fourth-order valence-corrected chi connectivity index (χ4v) is 4.99. The minimum absolute atomic E-state index is 0.0431. The van der Waals surface area contributed by atoms with Crippen LogP contribution in [0.4, 0.5) is 4.39 Å². The Hall–Kier alpha value is -4.58. The Bertz CT molecular complexity index is 1700. The molecule has 0 N–H and O–H groups in total. The second-order valence-electron chi connectivity index (χ2n) is 9.60. The molecule has 0 radical (unpaired) electrons. The molecule has 3 aromatic carbocycles. The molecule has 0 saturated heterocycles. The summed E-state index contributed by atoms with van der Waals surface area (Å²) in [4.78, 5) is 24.4. The van der Waals surface area contributed by atoms with Crippen LogP contribution in [0.15, 0.2) is 84.9 Å². The molecule has 188 valence electrons. The van der Waals surface area contributed by atoms with E-state index in [4.69, 9.17) is 9.72 Å². The van der Waals surface area contributed by atoms with Gasteiger partial charge in [0.05, 0.1) is 16.8 Å². The average Bonchev–Trinajstić information content (AvgIpc) is 3.25. The van der Waals surface area contributed by atoms with E-state index >= 15 is 4.39 Å². The van der Waals surface area contributed by atoms with Gasteiger partial charge in [-0.3, -0.25) is 14.8 Å². The number of aromatic nitrogens is 2. The maximum absolute atomic E-state index is 15.1. The van der Waals surface area contributed by atoms with Crippen LogP contribution in [0.3, 0.4) is 0 Å². The number of amides is 1. The molecule has 0 bridgehead atoms. The molecule has 1 aliphatic rings. The van der Waals surface area contributed by atoms with Gasteiger partial charge in [0.15, 0.2) is 11.6 Å². The minimum Gasteiger partial charge on any atom is -0.452 e. The molecule has 0 atom stereocenters. The number of aryl methyl sites for hydroxylation is 2. The molecule has 6 heteroatoms. The molecule has 3 heterocycles. The van der Waals surface area contributed by atoms with Gasteiger partial charge < -0.3 is 9.64 Å². The van der Waals surface area contributed by atoms with Crippen LogP contribution in [0.25, 0.3) is 22.0 Å². The van der Waals surface area contributed by atoms with Crippen LogP contribution in [-0.2, 0) is 13.0 Å². The molecule has 5 aromatic rings. The van der Waals surface area contributed by atoms with Crippen molar-refractivity contribution in [2.75, 3.05) is 6.54 Å². The monoisotopic (exact) mass is 503 g/mol. The largest absolute Gasteiger partial charge is 0.452 e. The topological polar surface area (TPSA) is 55.3 Å². The maximum atomic E-state index is 15.1. The van der Waals surface area contributed by atoms with E-state index < -0.39 is 5.82 Å². The molecule has 0 saturated carbocycles. The van der Waals surface area contributed by atoms with E-state index in [1.807, 2.05) is 73.3 Å². The van der Waals surface area contributed by atoms with Gasteiger partial charge in [-0.05, 0) is 66.9 Å². The SMILES string of the molecule is Cc1ccc(Oc2ccc(-c3cccc4c3C(=O)N(CCc3ccc5ccccc5n3)C4)cc2F)c(C)n1. The number of benzene rings is 3. The lowest BCUT2D eigenvalue weighted by molar-refractivity contribution is 0.0780. The number of nitrogens with zero attached hydrogens (tertiary/aromatic N) is 3. The lowest BCUT2D eigenvalue weighted by Crippen LogP contribution is -2.26. The van der Waals surface area contributed by atoms with Crippen LogP contribution in [0.2, 0.25) is 0 Å². The second-order valence-corrected chi connectivity index (χ2v) is 9.60. The van der Waals surface area contributed by atoms with Gasteiger partial charge in [-0.15, -0.1) is 0 Å². The smallest absolute Gasteiger partial charge is 0.255 e. The van der Waals surface area contributed by atoms with Crippen LogP contribution in [0.5, 0.6) is 11.5 Å². The third kappa shape index (κ3) is 4.50. The third-order valence-electron chi connectivity index (χ3n) is 6.95. The standard InChI is InChI=1S/C32H26FN3O2/c1-20-10-14-29(21(2)34-20)38-30-15-12-23(18-27(30)33)26-8-5-7-24-19-36(32(37)31(24)26)17-16-25-13-11-22-6-3-4-9-28(22)35-25/h3-15,18H,16-17,19H2,1-2H3. The predicted octanol–water partition coefficient (Wildman–Crippen LogP) is 7.04. The molecule has 1 amide bonds. The van der Waals surface area contributed by atoms with Gasteiger partial charge in [-0.25, -0.2) is 4.39 Å². The van der Waals surface area contributed by atoms with Crippen molar-refractivity contribution in [2.45, 2.75) is 26.8 Å². The van der Waals surface area contributed by atoms with E-state index in [0.29, 0.717) is 42.1 Å². The van der Waals surface area contributed by atoms with Gasteiger partial charge in [0, 0.05) is 36.3 Å². The lowest BCUT2D eigenvalue weighted by Gasteiger charge is -2.16. The summed E-state index contributed by atoms with van der Waals surface area (Å²) in [6.45, 7) is 4.81. The van der Waals surface area contributed by atoms with Crippen LogP contribution in [0.1, 0.15) is 33.0 Å². The van der Waals surface area contributed by atoms with Gasteiger partial charge in [0.25, 0.3) is 5.91 Å². The molecule has 38 heavy (non-hydrogen) atoms. The van der Waals surface area contributed by atoms with Gasteiger partial charge in [0.2, 0.25) is 0 Å². The Kier molecular flexibility index (Phi) is 6.08. The lowest BCUT2D eigenvalue weighted by atomic mass is 9.96. The first-order valence-corrected chi connectivity index (χ1v) is 12.6. The van der Waals surface area contributed by atoms with Crippen molar-refractivity contribution < 1.29 is 13.9 Å². The fourth-order valence-electron chi connectivity index (χ4n) is 4.99. The van der Waals surface area contributed by atoms with E-state index in [2.05, 4.69) is 11.1 Å². The summed E-state index contributed by atoms with van der Waals surface area (Å²) < 4.78 is 20.9. The number of pyridine rings is 2. The zero-order chi connectivity index (χ0) is 26.2. The van der Waals surface area contributed by atoms with E-state index in [1.54, 1.807) is 18.2 Å². The Morgan fingerprint density at radius 1 is 0.895 bits per heavy atom. The first-order chi connectivity index (χ1) is 18.5. The summed E-state index contributed by atoms with van der Waals surface area (Å²) in [6.07, 6.45) is 0.661. The van der Waals surface area contributed by atoms with Gasteiger partial charge in [-0.2, -0.15) is 0 Å². The van der Waals surface area contributed by atoms with Crippen molar-refractivity contribution in [2.24, 2.45) is 0 Å². The number of ether oxygens (including phenoxy) is 1. The number of hydrogen-bond acceptors (Lipinski definition) is 4. The van der Waals surface area contributed by atoms with Gasteiger partial charge >= 0.3 is 0 Å². The Balaban J connectivity index is 1.21. The highest BCUT2D eigenvalue weighted by Crippen LogP contribution is 2.35. The molecule has 0 spiro atoms. The van der Waals surface area contributed by atoms with E-state index in [0.717, 1.165) is 33.4 Å². The molecule has 0 aliphatic carbocycles. The highest BCUT2D eigenvalue weighted by atomic mass is 19.1. The number of para-hydroxylation sites is 1. The molecular weight excluding hydrogens is 477 g/mol. The first-order valence-electron chi connectivity index (χ1n) is 12.6. The van der Waals surface area contributed by atoms with Gasteiger partial charge in [0.1, 0.15) is 5.75 Å². The number of hydrogen-bond donors (Lipinski definition) is 0. The Labute approximate surface area is 220 Å². The first kappa shape index (κ1) is 23.8. The quantitative estimate of drug-likeness (QED) is 0.249. The highest BCUT2D eigenvalue weighted by molar-refractivity contribution is 6.04. The molecule has 0 unspecified atom stereocenters. The minimum atomic E-state index is -0.496. The summed E-state index contributed by atoms with van der Waals surface area (Å²) in [7, 11) is 0. The molecule has 1 aliphatic heterocycles. The van der Waals surface area contributed by atoms with Crippen LogP contribution >= 0.6 is 0 Å². The molecule has 2 aromatic heterocycles. The summed E-state index contributed by atoms with van der Waals surface area (Å²) in [5.41, 5.74) is 6.40. The van der Waals surface area contributed by atoms with Crippen molar-refractivity contribution >= 4 is 16.8 Å². The second kappa shape index (κ2) is 9.71. The average molecular weight is 504 g/mol. The fraction of sp³-hybridized carbons (Fsp3) is 0.156. The summed E-state index contributed by atoms with van der Waals surface area (Å²) in [5, 5.41) is 1.10. The summed E-state index contributed by atoms with van der Waals surface area (Å²) in [5.74, 6) is 0.0868. The highest BCUT2D eigenvalue weighted by Gasteiger charge is 2.30. The van der Waals surface area contributed by atoms with E-state index in [-0.39, 0.29) is 11.7 Å². The van der Waals surface area contributed by atoms with Crippen molar-refractivity contribution in [1.82, 2.24) is 14.9 Å². The number of carbonyl (C=O) groups is 1. The molecular formula is C32H26FN3O2. The molecule has 5 nitrogen and oxygen atoms in total. The maximum Gasteiger partial charge on any atom is 0.255 e. The van der Waals surface area contributed by atoms with Crippen LogP contribution in [-0.4, -0.2) is 27.3 Å². The Morgan fingerprint density at radius 3 is 2.58 bits per heavy atom. The normalized spacial score (nSPS) is 12.7. The number of fused-ring (bicyclic) bond motifs is 2. The van der Waals surface area contributed by atoms with Crippen molar-refractivity contribution in [3.63, 3.8) is 0 Å². The van der Waals surface area contributed by atoms with E-state index in [9.17, 15) is 4.79 Å². The van der Waals surface area contributed by atoms with Crippen molar-refractivity contribution in [1.29, 1.82) is 0 Å². The summed E-state index contributed by atoms with van der Waals surface area (Å²) >= 11 is 0. The van der Waals surface area contributed by atoms with E-state index in [1.165, 1.54) is 6.07 Å². The zero-order valence-corrected chi connectivity index (χ0v) is 21.2. The Morgan fingerprint density at radius 2 is 1.74 bits per heavy atom. The predicted molar refractivity (Wildman–Crippen MR) is 146 cm³/mol.